The number of hydrogen-bond donors (Lipinski definition) is 1. The second kappa shape index (κ2) is 6.57. The van der Waals surface area contributed by atoms with Crippen LogP contribution in [-0.2, 0) is 9.53 Å². The minimum Gasteiger partial charge on any atom is -0.506 e. The van der Waals surface area contributed by atoms with E-state index in [0.717, 1.165) is 0 Å². The molecule has 0 heterocycles. The molecule has 0 radical (unpaired) electrons. The summed E-state index contributed by atoms with van der Waals surface area (Å²) in [6.45, 7) is 2.00. The highest BCUT2D eigenvalue weighted by atomic mass is 16.5. The first-order chi connectivity index (χ1) is 9.74. The van der Waals surface area contributed by atoms with Gasteiger partial charge in [0, 0.05) is 5.56 Å². The Hall–Kier alpha value is -2.55. The van der Waals surface area contributed by atoms with Crippen LogP contribution in [0.4, 0.5) is 0 Å². The molecule has 102 valence electrons. The number of carbonyl (C=O) groups excluding carboxylic acids is 1. The summed E-state index contributed by atoms with van der Waals surface area (Å²) in [4.78, 5) is 12.1. The van der Waals surface area contributed by atoms with Crippen molar-refractivity contribution in [2.24, 2.45) is 0 Å². The Morgan fingerprint density at radius 2 is 1.45 bits per heavy atom. The summed E-state index contributed by atoms with van der Waals surface area (Å²) < 4.78 is 5.04. The fourth-order valence-corrected chi connectivity index (χ4v) is 1.90. The maximum Gasteiger partial charge on any atom is 0.342 e. The van der Waals surface area contributed by atoms with Gasteiger partial charge >= 0.3 is 5.97 Å². The van der Waals surface area contributed by atoms with Crippen molar-refractivity contribution in [3.05, 3.63) is 71.8 Å². The molecule has 0 aliphatic heterocycles. The van der Waals surface area contributed by atoms with Crippen molar-refractivity contribution in [2.45, 2.75) is 6.92 Å². The second-order valence-corrected chi connectivity index (χ2v) is 4.18. The van der Waals surface area contributed by atoms with E-state index in [-0.39, 0.29) is 17.9 Å². The number of benzene rings is 2. The molecule has 0 fully saturated rings. The summed E-state index contributed by atoms with van der Waals surface area (Å²) in [5.41, 5.74) is 1.39. The van der Waals surface area contributed by atoms with E-state index in [1.165, 1.54) is 0 Å². The Morgan fingerprint density at radius 3 is 1.95 bits per heavy atom. The number of carbonyl (C=O) groups is 1. The maximum atomic E-state index is 12.1. The van der Waals surface area contributed by atoms with E-state index in [2.05, 4.69) is 0 Å². The van der Waals surface area contributed by atoms with Gasteiger partial charge in [-0.2, -0.15) is 0 Å². The lowest BCUT2D eigenvalue weighted by Gasteiger charge is -2.10. The Morgan fingerprint density at radius 1 is 0.950 bits per heavy atom. The van der Waals surface area contributed by atoms with Crippen LogP contribution in [-0.4, -0.2) is 17.7 Å². The minimum atomic E-state index is -0.528. The number of aliphatic hydroxyl groups excluding tert-OH is 1. The smallest absolute Gasteiger partial charge is 0.342 e. The molecule has 2 rings (SSSR count). The van der Waals surface area contributed by atoms with Gasteiger partial charge in [0.1, 0.15) is 11.3 Å². The molecule has 0 amide bonds. The lowest BCUT2D eigenvalue weighted by atomic mass is 10.0. The van der Waals surface area contributed by atoms with Gasteiger partial charge in [0.25, 0.3) is 0 Å². The van der Waals surface area contributed by atoms with Gasteiger partial charge in [-0.05, 0) is 12.5 Å². The van der Waals surface area contributed by atoms with E-state index in [4.69, 9.17) is 4.74 Å². The summed E-state index contributed by atoms with van der Waals surface area (Å²) >= 11 is 0. The highest BCUT2D eigenvalue weighted by Crippen LogP contribution is 2.25. The molecular weight excluding hydrogens is 252 g/mol. The number of esters is 1. The van der Waals surface area contributed by atoms with Crippen LogP contribution in [0.1, 0.15) is 18.1 Å². The van der Waals surface area contributed by atoms with Gasteiger partial charge in [-0.15, -0.1) is 0 Å². The third kappa shape index (κ3) is 3.06. The van der Waals surface area contributed by atoms with Crippen LogP contribution in [0.2, 0.25) is 0 Å². The lowest BCUT2D eigenvalue weighted by molar-refractivity contribution is -0.136. The molecule has 0 aliphatic carbocycles. The van der Waals surface area contributed by atoms with Crippen LogP contribution in [0, 0.1) is 0 Å². The van der Waals surface area contributed by atoms with E-state index >= 15 is 0 Å². The maximum absolute atomic E-state index is 12.1. The largest absolute Gasteiger partial charge is 0.506 e. The molecule has 0 aliphatic rings. The predicted molar refractivity (Wildman–Crippen MR) is 79.0 cm³/mol. The summed E-state index contributed by atoms with van der Waals surface area (Å²) in [7, 11) is 0. The van der Waals surface area contributed by atoms with Gasteiger partial charge < -0.3 is 9.84 Å². The highest BCUT2D eigenvalue weighted by Gasteiger charge is 2.19. The van der Waals surface area contributed by atoms with E-state index in [1.54, 1.807) is 43.3 Å². The van der Waals surface area contributed by atoms with Crippen molar-refractivity contribution >= 4 is 17.3 Å². The second-order valence-electron chi connectivity index (χ2n) is 4.18. The standard InChI is InChI=1S/C17H16O3/c1-2-20-17(19)15(13-9-5-3-6-10-13)16(18)14-11-7-4-8-12-14/h3-12,18H,2H2,1H3/b16-15-. The molecule has 1 N–H and O–H groups in total. The van der Waals surface area contributed by atoms with Crippen molar-refractivity contribution in [3.8, 4) is 0 Å². The molecule has 0 bridgehead atoms. The summed E-state index contributed by atoms with van der Waals surface area (Å²) in [6.07, 6.45) is 0. The summed E-state index contributed by atoms with van der Waals surface area (Å²) in [5, 5.41) is 10.4. The van der Waals surface area contributed by atoms with Crippen LogP contribution in [0.3, 0.4) is 0 Å². The van der Waals surface area contributed by atoms with E-state index < -0.39 is 5.97 Å². The Bertz CT molecular complexity index is 601. The van der Waals surface area contributed by atoms with Gasteiger partial charge in [-0.1, -0.05) is 60.7 Å². The van der Waals surface area contributed by atoms with E-state index in [1.807, 2.05) is 24.3 Å². The van der Waals surface area contributed by atoms with Crippen LogP contribution >= 0.6 is 0 Å². The molecule has 20 heavy (non-hydrogen) atoms. The zero-order chi connectivity index (χ0) is 14.4. The quantitative estimate of drug-likeness (QED) is 0.398. The zero-order valence-corrected chi connectivity index (χ0v) is 11.2. The Labute approximate surface area is 118 Å². The van der Waals surface area contributed by atoms with Crippen molar-refractivity contribution in [3.63, 3.8) is 0 Å². The van der Waals surface area contributed by atoms with Gasteiger partial charge in [-0.3, -0.25) is 0 Å². The molecule has 2 aromatic rings. The zero-order valence-electron chi connectivity index (χ0n) is 11.2. The molecule has 0 atom stereocenters. The first-order valence-electron chi connectivity index (χ1n) is 6.45. The van der Waals surface area contributed by atoms with Gasteiger partial charge in [-0.25, -0.2) is 4.79 Å². The summed E-state index contributed by atoms with van der Waals surface area (Å²) in [5.74, 6) is -0.602. The monoisotopic (exact) mass is 268 g/mol. The Kier molecular flexibility index (Phi) is 4.56. The van der Waals surface area contributed by atoms with Crippen molar-refractivity contribution in [1.29, 1.82) is 0 Å². The SMILES string of the molecule is CCOC(=O)/C(=C(\O)c1ccccc1)c1ccccc1. The molecule has 0 aromatic heterocycles. The first kappa shape index (κ1) is 13.9. The Balaban J connectivity index is 2.54. The van der Waals surface area contributed by atoms with E-state index in [9.17, 15) is 9.90 Å². The third-order valence-electron chi connectivity index (χ3n) is 2.83. The van der Waals surface area contributed by atoms with Crippen LogP contribution < -0.4 is 0 Å². The molecule has 3 nitrogen and oxygen atoms in total. The molecule has 2 aromatic carbocycles. The highest BCUT2D eigenvalue weighted by molar-refractivity contribution is 6.23. The van der Waals surface area contributed by atoms with Crippen LogP contribution in [0.25, 0.3) is 11.3 Å². The van der Waals surface area contributed by atoms with Gasteiger partial charge in [0.15, 0.2) is 0 Å². The molecular formula is C17H16O3. The van der Waals surface area contributed by atoms with Crippen molar-refractivity contribution < 1.29 is 14.6 Å². The molecule has 0 saturated carbocycles. The predicted octanol–water partition coefficient (Wildman–Crippen LogP) is 3.68. The average molecular weight is 268 g/mol. The van der Waals surface area contributed by atoms with Crippen LogP contribution in [0.5, 0.6) is 0 Å². The van der Waals surface area contributed by atoms with Crippen molar-refractivity contribution in [1.82, 2.24) is 0 Å². The minimum absolute atomic E-state index is 0.0738. The molecule has 0 unspecified atom stereocenters. The molecule has 3 heteroatoms. The number of aliphatic hydroxyl groups is 1. The van der Waals surface area contributed by atoms with Crippen LogP contribution in [0.15, 0.2) is 60.7 Å². The number of hydrogen-bond acceptors (Lipinski definition) is 3. The fraction of sp³-hybridized carbons (Fsp3) is 0.118. The van der Waals surface area contributed by atoms with E-state index in [0.29, 0.717) is 11.1 Å². The lowest BCUT2D eigenvalue weighted by Crippen LogP contribution is -2.09. The van der Waals surface area contributed by atoms with Crippen molar-refractivity contribution in [2.75, 3.05) is 6.61 Å². The molecule has 0 saturated heterocycles. The van der Waals surface area contributed by atoms with Gasteiger partial charge in [0.2, 0.25) is 0 Å². The number of rotatable bonds is 4. The normalized spacial score (nSPS) is 11.7. The first-order valence-corrected chi connectivity index (χ1v) is 6.45. The fourth-order valence-electron chi connectivity index (χ4n) is 1.90. The average Bonchev–Trinajstić information content (AvgIpc) is 2.50. The molecule has 0 spiro atoms. The van der Waals surface area contributed by atoms with Gasteiger partial charge in [0.05, 0.1) is 6.61 Å². The topological polar surface area (TPSA) is 46.5 Å². The number of ether oxygens (including phenoxy) is 1. The summed E-state index contributed by atoms with van der Waals surface area (Å²) in [6, 6.07) is 18.0. The third-order valence-corrected chi connectivity index (χ3v) is 2.83.